The van der Waals surface area contributed by atoms with Crippen molar-refractivity contribution < 1.29 is 14.3 Å². The number of carbonyl (C=O) groups is 2. The number of benzene rings is 2. The van der Waals surface area contributed by atoms with Crippen LogP contribution in [0.2, 0.25) is 5.02 Å². The maximum atomic E-state index is 12.0. The molecule has 0 aromatic heterocycles. The Bertz CT molecular complexity index is 947. The molecular weight excluding hydrogens is 486 g/mol. The highest BCUT2D eigenvalue weighted by atomic mass is 35.5. The van der Waals surface area contributed by atoms with Crippen LogP contribution in [-0.2, 0) is 16.2 Å². The van der Waals surface area contributed by atoms with E-state index in [9.17, 15) is 9.59 Å². The van der Waals surface area contributed by atoms with Crippen LogP contribution in [0.5, 0.6) is 5.75 Å². The van der Waals surface area contributed by atoms with Crippen molar-refractivity contribution in [1.82, 2.24) is 10.7 Å². The molecule has 2 N–H and O–H groups in total. The lowest BCUT2D eigenvalue weighted by Gasteiger charge is -2.07. The molecule has 2 aromatic carbocycles. The summed E-state index contributed by atoms with van der Waals surface area (Å²) in [5.41, 5.74) is 4.25. The molecule has 0 aliphatic rings. The molecule has 6 nitrogen and oxygen atoms in total. The minimum absolute atomic E-state index is 0.0849. The fourth-order valence-electron chi connectivity index (χ4n) is 3.87. The average Bonchev–Trinajstić information content (AvgIpc) is 2.90. The summed E-state index contributed by atoms with van der Waals surface area (Å²) in [4.78, 5) is 23.9. The van der Waals surface area contributed by atoms with E-state index in [1.54, 1.807) is 6.21 Å². The van der Waals surface area contributed by atoms with Crippen LogP contribution in [0.3, 0.4) is 0 Å². The third-order valence-electron chi connectivity index (χ3n) is 6.03. The summed E-state index contributed by atoms with van der Waals surface area (Å²) in [5, 5.41) is 7.32. The SMILES string of the molecule is CCCCCCCCCCCCCC(=O)NCC(=O)N/N=C/c1cccc(OCc2ccc(Cl)cc2)c1. The number of hydrogen-bond acceptors (Lipinski definition) is 4. The van der Waals surface area contributed by atoms with Gasteiger partial charge in [-0.3, -0.25) is 9.59 Å². The van der Waals surface area contributed by atoms with Crippen LogP contribution >= 0.6 is 11.6 Å². The second-order valence-electron chi connectivity index (χ2n) is 9.34. The molecule has 0 aliphatic heterocycles. The Kier molecular flexibility index (Phi) is 15.8. The fourth-order valence-corrected chi connectivity index (χ4v) is 3.99. The number of amides is 2. The molecule has 0 spiro atoms. The third kappa shape index (κ3) is 15.1. The van der Waals surface area contributed by atoms with Crippen molar-refractivity contribution in [2.24, 2.45) is 5.10 Å². The van der Waals surface area contributed by atoms with Crippen molar-refractivity contribution >= 4 is 29.6 Å². The molecule has 2 rings (SSSR count). The maximum Gasteiger partial charge on any atom is 0.259 e. The molecule has 2 aromatic rings. The minimum atomic E-state index is -0.362. The van der Waals surface area contributed by atoms with E-state index in [1.807, 2.05) is 48.5 Å². The minimum Gasteiger partial charge on any atom is -0.489 e. The first kappa shape index (κ1) is 30.4. The van der Waals surface area contributed by atoms with Crippen LogP contribution < -0.4 is 15.5 Å². The molecule has 37 heavy (non-hydrogen) atoms. The van der Waals surface area contributed by atoms with Gasteiger partial charge in [0.15, 0.2) is 0 Å². The lowest BCUT2D eigenvalue weighted by molar-refractivity contribution is -0.126. The molecular formula is C30H42ClN3O3. The summed E-state index contributed by atoms with van der Waals surface area (Å²) in [6, 6.07) is 14.9. The van der Waals surface area contributed by atoms with Gasteiger partial charge in [-0.05, 0) is 41.8 Å². The van der Waals surface area contributed by atoms with E-state index in [2.05, 4.69) is 22.8 Å². The van der Waals surface area contributed by atoms with Crippen molar-refractivity contribution in [3.05, 3.63) is 64.7 Å². The van der Waals surface area contributed by atoms with Gasteiger partial charge in [0.25, 0.3) is 5.91 Å². The topological polar surface area (TPSA) is 79.8 Å². The number of unbranched alkanes of at least 4 members (excludes halogenated alkanes) is 10. The predicted octanol–water partition coefficient (Wildman–Crippen LogP) is 7.19. The molecule has 0 bridgehead atoms. The number of nitrogens with one attached hydrogen (secondary N) is 2. The van der Waals surface area contributed by atoms with E-state index in [1.165, 1.54) is 57.8 Å². The summed E-state index contributed by atoms with van der Waals surface area (Å²) in [6.45, 7) is 2.58. The first-order chi connectivity index (χ1) is 18.1. The molecule has 0 saturated heterocycles. The van der Waals surface area contributed by atoms with Gasteiger partial charge in [-0.2, -0.15) is 5.10 Å². The van der Waals surface area contributed by atoms with Gasteiger partial charge in [0.2, 0.25) is 5.91 Å². The summed E-state index contributed by atoms with van der Waals surface area (Å²) < 4.78 is 5.81. The zero-order valence-corrected chi connectivity index (χ0v) is 22.9. The third-order valence-corrected chi connectivity index (χ3v) is 6.29. The standard InChI is InChI=1S/C30H42ClN3O3/c1-2-3-4-5-6-7-8-9-10-11-12-16-29(35)32-23-30(36)34-33-22-26-14-13-15-28(21-26)37-24-25-17-19-27(31)20-18-25/h13-15,17-22H,2-12,16,23-24H2,1H3,(H,32,35)(H,34,36)/b33-22+. The van der Waals surface area contributed by atoms with E-state index in [0.29, 0.717) is 23.8 Å². The molecule has 0 saturated carbocycles. The average molecular weight is 528 g/mol. The molecule has 0 atom stereocenters. The summed E-state index contributed by atoms with van der Waals surface area (Å²) >= 11 is 5.91. The Labute approximate surface area is 227 Å². The van der Waals surface area contributed by atoms with Gasteiger partial charge < -0.3 is 10.1 Å². The fraction of sp³-hybridized carbons (Fsp3) is 0.500. The predicted molar refractivity (Wildman–Crippen MR) is 152 cm³/mol. The van der Waals surface area contributed by atoms with Crippen molar-refractivity contribution in [2.75, 3.05) is 6.54 Å². The molecule has 0 radical (unpaired) electrons. The van der Waals surface area contributed by atoms with Gasteiger partial charge in [-0.25, -0.2) is 5.43 Å². The van der Waals surface area contributed by atoms with E-state index < -0.39 is 0 Å². The van der Waals surface area contributed by atoms with Gasteiger partial charge in [0.05, 0.1) is 12.8 Å². The Balaban J connectivity index is 1.52. The van der Waals surface area contributed by atoms with E-state index in [0.717, 1.165) is 24.0 Å². The van der Waals surface area contributed by atoms with Crippen LogP contribution in [0.25, 0.3) is 0 Å². The van der Waals surface area contributed by atoms with Crippen molar-refractivity contribution in [2.45, 2.75) is 90.6 Å². The lowest BCUT2D eigenvalue weighted by Crippen LogP contribution is -2.34. The van der Waals surface area contributed by atoms with E-state index in [-0.39, 0.29) is 18.4 Å². The largest absolute Gasteiger partial charge is 0.489 e. The highest BCUT2D eigenvalue weighted by Crippen LogP contribution is 2.16. The second kappa shape index (κ2) is 19.3. The molecule has 0 unspecified atom stereocenters. The Hall–Kier alpha value is -2.86. The number of nitrogens with zero attached hydrogens (tertiary/aromatic N) is 1. The molecule has 0 fully saturated rings. The van der Waals surface area contributed by atoms with Crippen LogP contribution in [-0.4, -0.2) is 24.6 Å². The molecule has 0 aliphatic carbocycles. The number of ether oxygens (including phenoxy) is 1. The van der Waals surface area contributed by atoms with Crippen LogP contribution in [0.4, 0.5) is 0 Å². The number of hydrogen-bond donors (Lipinski definition) is 2. The molecule has 7 heteroatoms. The van der Waals surface area contributed by atoms with Gasteiger partial charge in [0, 0.05) is 11.4 Å². The van der Waals surface area contributed by atoms with Gasteiger partial charge in [-0.1, -0.05) is 107 Å². The zero-order valence-electron chi connectivity index (χ0n) is 22.1. The van der Waals surface area contributed by atoms with Crippen molar-refractivity contribution in [3.8, 4) is 5.75 Å². The highest BCUT2D eigenvalue weighted by molar-refractivity contribution is 6.30. The second-order valence-corrected chi connectivity index (χ2v) is 9.78. The van der Waals surface area contributed by atoms with Crippen molar-refractivity contribution in [3.63, 3.8) is 0 Å². The number of halogens is 1. The van der Waals surface area contributed by atoms with Crippen LogP contribution in [0.1, 0.15) is 95.1 Å². The van der Waals surface area contributed by atoms with Crippen LogP contribution in [0, 0.1) is 0 Å². The number of carbonyl (C=O) groups excluding carboxylic acids is 2. The Morgan fingerprint density at radius 3 is 2.19 bits per heavy atom. The smallest absolute Gasteiger partial charge is 0.259 e. The quantitative estimate of drug-likeness (QED) is 0.115. The maximum absolute atomic E-state index is 12.0. The van der Waals surface area contributed by atoms with Gasteiger partial charge in [-0.15, -0.1) is 0 Å². The molecule has 2 amide bonds. The first-order valence-electron chi connectivity index (χ1n) is 13.6. The first-order valence-corrected chi connectivity index (χ1v) is 14.0. The summed E-state index contributed by atoms with van der Waals surface area (Å²) in [6.07, 6.45) is 15.7. The normalized spacial score (nSPS) is 11.0. The zero-order chi connectivity index (χ0) is 26.6. The summed E-state index contributed by atoms with van der Waals surface area (Å²) in [7, 11) is 0. The highest BCUT2D eigenvalue weighted by Gasteiger charge is 2.05. The van der Waals surface area contributed by atoms with Gasteiger partial charge >= 0.3 is 0 Å². The monoisotopic (exact) mass is 527 g/mol. The Morgan fingerprint density at radius 2 is 1.51 bits per heavy atom. The van der Waals surface area contributed by atoms with Gasteiger partial charge in [0.1, 0.15) is 12.4 Å². The molecule has 202 valence electrons. The van der Waals surface area contributed by atoms with E-state index >= 15 is 0 Å². The van der Waals surface area contributed by atoms with Crippen molar-refractivity contribution in [1.29, 1.82) is 0 Å². The van der Waals surface area contributed by atoms with E-state index in [4.69, 9.17) is 16.3 Å². The Morgan fingerprint density at radius 1 is 0.865 bits per heavy atom. The summed E-state index contributed by atoms with van der Waals surface area (Å²) in [5.74, 6) is 0.235. The van der Waals surface area contributed by atoms with Crippen LogP contribution in [0.15, 0.2) is 53.6 Å². The lowest BCUT2D eigenvalue weighted by atomic mass is 10.1. The number of hydrazone groups is 1. The molecule has 0 heterocycles. The number of rotatable bonds is 19.